The van der Waals surface area contributed by atoms with Crippen LogP contribution < -0.4 is 0 Å². The first-order valence-electron chi connectivity index (χ1n) is 7.50. The monoisotopic (exact) mass is 290 g/mol. The fourth-order valence-corrected chi connectivity index (χ4v) is 3.41. The third-order valence-corrected chi connectivity index (χ3v) is 4.36. The smallest absolute Gasteiger partial charge is 0.274 e. The maximum Gasteiger partial charge on any atom is 0.274 e. The third kappa shape index (κ3) is 3.22. The molecule has 2 fully saturated rings. The van der Waals surface area contributed by atoms with Gasteiger partial charge in [-0.05, 0) is 19.9 Å². The number of carbonyl (C=O) groups excluding carboxylic acids is 1. The fraction of sp³-hybridized carbons (Fsp3) is 0.667. The number of ether oxygens (including phenoxy) is 1. The van der Waals surface area contributed by atoms with Gasteiger partial charge in [-0.3, -0.25) is 9.78 Å². The SMILES string of the molecule is CN1CCOCC2(CCCN(C(=O)c3cnccn3)C2)C1. The van der Waals surface area contributed by atoms with Crippen LogP contribution in [0.1, 0.15) is 23.3 Å². The number of carbonyl (C=O) groups is 1. The van der Waals surface area contributed by atoms with Crippen LogP contribution in [0.15, 0.2) is 18.6 Å². The van der Waals surface area contributed by atoms with Crippen LogP contribution in [-0.2, 0) is 4.74 Å². The Kier molecular flexibility index (Phi) is 4.17. The largest absolute Gasteiger partial charge is 0.379 e. The molecule has 0 radical (unpaired) electrons. The molecule has 3 rings (SSSR count). The Hall–Kier alpha value is -1.53. The highest BCUT2D eigenvalue weighted by atomic mass is 16.5. The third-order valence-electron chi connectivity index (χ3n) is 4.36. The Morgan fingerprint density at radius 1 is 1.33 bits per heavy atom. The van der Waals surface area contributed by atoms with Crippen molar-refractivity contribution in [3.63, 3.8) is 0 Å². The number of hydrogen-bond acceptors (Lipinski definition) is 5. The van der Waals surface area contributed by atoms with Gasteiger partial charge in [-0.25, -0.2) is 4.98 Å². The Bertz CT molecular complexity index is 496. The average molecular weight is 290 g/mol. The van der Waals surface area contributed by atoms with Gasteiger partial charge in [-0.2, -0.15) is 0 Å². The number of rotatable bonds is 1. The molecule has 1 aromatic heterocycles. The maximum atomic E-state index is 12.6. The van der Waals surface area contributed by atoms with Crippen LogP contribution in [0.4, 0.5) is 0 Å². The van der Waals surface area contributed by atoms with Crippen LogP contribution in [0.3, 0.4) is 0 Å². The number of piperidine rings is 1. The molecule has 1 spiro atoms. The summed E-state index contributed by atoms with van der Waals surface area (Å²) in [6, 6.07) is 0. The average Bonchev–Trinajstić information content (AvgIpc) is 2.69. The molecular weight excluding hydrogens is 268 g/mol. The molecule has 0 saturated carbocycles. The van der Waals surface area contributed by atoms with E-state index in [1.807, 2.05) is 4.90 Å². The van der Waals surface area contributed by atoms with Gasteiger partial charge >= 0.3 is 0 Å². The van der Waals surface area contributed by atoms with Crippen molar-refractivity contribution in [2.24, 2.45) is 5.41 Å². The number of hydrogen-bond donors (Lipinski definition) is 0. The molecule has 1 amide bonds. The summed E-state index contributed by atoms with van der Waals surface area (Å²) in [5.74, 6) is -0.0194. The molecule has 3 heterocycles. The van der Waals surface area contributed by atoms with Gasteiger partial charge in [0.15, 0.2) is 0 Å². The van der Waals surface area contributed by atoms with Crippen LogP contribution in [-0.4, -0.2) is 72.1 Å². The molecule has 21 heavy (non-hydrogen) atoms. The normalized spacial score (nSPS) is 27.6. The van der Waals surface area contributed by atoms with Crippen molar-refractivity contribution in [1.82, 2.24) is 19.8 Å². The van der Waals surface area contributed by atoms with E-state index in [1.54, 1.807) is 18.6 Å². The van der Waals surface area contributed by atoms with Gasteiger partial charge in [0.2, 0.25) is 0 Å². The second kappa shape index (κ2) is 6.07. The maximum absolute atomic E-state index is 12.6. The van der Waals surface area contributed by atoms with Gasteiger partial charge < -0.3 is 14.5 Å². The second-order valence-corrected chi connectivity index (χ2v) is 6.21. The highest BCUT2D eigenvalue weighted by Crippen LogP contribution is 2.33. The van der Waals surface area contributed by atoms with Crippen molar-refractivity contribution in [2.75, 3.05) is 46.4 Å². The van der Waals surface area contributed by atoms with Crippen LogP contribution >= 0.6 is 0 Å². The first-order chi connectivity index (χ1) is 10.2. The van der Waals surface area contributed by atoms with Gasteiger partial charge in [0.1, 0.15) is 5.69 Å². The van der Waals surface area contributed by atoms with E-state index in [4.69, 9.17) is 4.74 Å². The lowest BCUT2D eigenvalue weighted by molar-refractivity contribution is 0.00835. The minimum absolute atomic E-state index is 0.0194. The van der Waals surface area contributed by atoms with Crippen LogP contribution in [0, 0.1) is 5.41 Å². The summed E-state index contributed by atoms with van der Waals surface area (Å²) in [6.07, 6.45) is 6.82. The lowest BCUT2D eigenvalue weighted by atomic mass is 9.80. The predicted molar refractivity (Wildman–Crippen MR) is 77.9 cm³/mol. The van der Waals surface area contributed by atoms with Crippen LogP contribution in [0.25, 0.3) is 0 Å². The molecule has 6 nitrogen and oxygen atoms in total. The molecule has 2 aliphatic rings. The molecule has 0 aromatic carbocycles. The number of aromatic nitrogens is 2. The first-order valence-corrected chi connectivity index (χ1v) is 7.50. The Morgan fingerprint density at radius 3 is 3.05 bits per heavy atom. The molecule has 1 atom stereocenters. The lowest BCUT2D eigenvalue weighted by Gasteiger charge is -2.43. The number of amides is 1. The molecule has 0 aliphatic carbocycles. The van der Waals surface area contributed by atoms with Gasteiger partial charge in [-0.15, -0.1) is 0 Å². The van der Waals surface area contributed by atoms with E-state index in [0.29, 0.717) is 5.69 Å². The quantitative estimate of drug-likeness (QED) is 0.760. The fourth-order valence-electron chi connectivity index (χ4n) is 3.41. The Morgan fingerprint density at radius 2 is 2.24 bits per heavy atom. The van der Waals surface area contributed by atoms with Crippen molar-refractivity contribution < 1.29 is 9.53 Å². The predicted octanol–water partition coefficient (Wildman–Crippen LogP) is 0.661. The molecule has 1 aromatic rings. The molecule has 1 unspecified atom stereocenters. The van der Waals surface area contributed by atoms with Crippen molar-refractivity contribution in [2.45, 2.75) is 12.8 Å². The van der Waals surface area contributed by atoms with E-state index in [1.165, 1.54) is 0 Å². The standard InChI is InChI=1S/C15H22N4O2/c1-18-7-8-21-12-15(10-18)3-2-6-19(11-15)14(20)13-9-16-4-5-17-13/h4-5,9H,2-3,6-8,10-12H2,1H3. The van der Waals surface area contributed by atoms with Crippen LogP contribution in [0.2, 0.25) is 0 Å². The van der Waals surface area contributed by atoms with Crippen molar-refractivity contribution >= 4 is 5.91 Å². The van der Waals surface area contributed by atoms with Gasteiger partial charge in [0.05, 0.1) is 19.4 Å². The zero-order valence-corrected chi connectivity index (χ0v) is 12.5. The first kappa shape index (κ1) is 14.4. The summed E-state index contributed by atoms with van der Waals surface area (Å²) < 4.78 is 5.78. The van der Waals surface area contributed by atoms with E-state index in [0.717, 1.165) is 52.2 Å². The zero-order valence-electron chi connectivity index (χ0n) is 12.5. The van der Waals surface area contributed by atoms with E-state index in [9.17, 15) is 4.79 Å². The van der Waals surface area contributed by atoms with Gasteiger partial charge in [-0.1, -0.05) is 0 Å². The van der Waals surface area contributed by atoms with E-state index in [2.05, 4.69) is 21.9 Å². The molecule has 0 bridgehead atoms. The van der Waals surface area contributed by atoms with Gasteiger partial charge in [0, 0.05) is 44.0 Å². The van der Waals surface area contributed by atoms with E-state index in [-0.39, 0.29) is 11.3 Å². The number of nitrogens with zero attached hydrogens (tertiary/aromatic N) is 4. The number of likely N-dealkylation sites (N-methyl/N-ethyl adjacent to an activating group) is 1. The Balaban J connectivity index is 1.74. The second-order valence-electron chi connectivity index (χ2n) is 6.21. The molecule has 0 N–H and O–H groups in total. The van der Waals surface area contributed by atoms with Gasteiger partial charge in [0.25, 0.3) is 5.91 Å². The zero-order chi connectivity index (χ0) is 14.7. The van der Waals surface area contributed by atoms with E-state index >= 15 is 0 Å². The van der Waals surface area contributed by atoms with Crippen molar-refractivity contribution in [3.05, 3.63) is 24.3 Å². The summed E-state index contributed by atoms with van der Waals surface area (Å²) in [5.41, 5.74) is 0.485. The van der Waals surface area contributed by atoms with Crippen molar-refractivity contribution in [1.29, 1.82) is 0 Å². The highest BCUT2D eigenvalue weighted by molar-refractivity contribution is 5.92. The highest BCUT2D eigenvalue weighted by Gasteiger charge is 2.39. The summed E-state index contributed by atoms with van der Waals surface area (Å²) >= 11 is 0. The Labute approximate surface area is 125 Å². The van der Waals surface area contributed by atoms with Crippen molar-refractivity contribution in [3.8, 4) is 0 Å². The topological polar surface area (TPSA) is 58.6 Å². The number of likely N-dealkylation sites (tertiary alicyclic amines) is 1. The minimum atomic E-state index is -0.0194. The minimum Gasteiger partial charge on any atom is -0.379 e. The lowest BCUT2D eigenvalue weighted by Crippen LogP contribution is -2.51. The summed E-state index contributed by atoms with van der Waals surface area (Å²) in [6.45, 7) is 4.99. The molecule has 6 heteroatoms. The summed E-state index contributed by atoms with van der Waals surface area (Å²) in [4.78, 5) is 24.9. The van der Waals surface area contributed by atoms with E-state index < -0.39 is 0 Å². The molecule has 114 valence electrons. The molecular formula is C15H22N4O2. The summed E-state index contributed by atoms with van der Waals surface area (Å²) in [5, 5.41) is 0. The van der Waals surface area contributed by atoms with Crippen LogP contribution in [0.5, 0.6) is 0 Å². The summed E-state index contributed by atoms with van der Waals surface area (Å²) in [7, 11) is 2.12. The molecule has 2 saturated heterocycles. The molecule has 2 aliphatic heterocycles.